The van der Waals surface area contributed by atoms with Crippen LogP contribution in [0.5, 0.6) is 0 Å². The molecule has 0 aromatic heterocycles. The SMILES string of the molecule is CSCCN(C)CCC(C)Cl. The third kappa shape index (κ3) is 8.51. The highest BCUT2D eigenvalue weighted by molar-refractivity contribution is 7.98. The molecule has 0 radical (unpaired) electrons. The van der Waals surface area contributed by atoms with Crippen molar-refractivity contribution in [2.45, 2.75) is 18.7 Å². The van der Waals surface area contributed by atoms with E-state index >= 15 is 0 Å². The lowest BCUT2D eigenvalue weighted by Gasteiger charge is -2.16. The molecule has 0 bridgehead atoms. The molecule has 1 atom stereocenters. The second kappa shape index (κ2) is 7.26. The van der Waals surface area contributed by atoms with Crippen LogP contribution in [0.2, 0.25) is 0 Å². The maximum absolute atomic E-state index is 5.82. The van der Waals surface area contributed by atoms with Gasteiger partial charge in [-0.25, -0.2) is 0 Å². The lowest BCUT2D eigenvalue weighted by Crippen LogP contribution is -2.23. The Labute approximate surface area is 79.5 Å². The van der Waals surface area contributed by atoms with E-state index in [9.17, 15) is 0 Å². The zero-order valence-corrected chi connectivity index (χ0v) is 9.21. The second-order valence-corrected chi connectivity index (χ2v) is 4.60. The Bertz CT molecular complexity index is 88.2. The van der Waals surface area contributed by atoms with Crippen molar-refractivity contribution in [3.8, 4) is 0 Å². The first-order valence-corrected chi connectivity index (χ1v) is 5.81. The van der Waals surface area contributed by atoms with Gasteiger partial charge in [-0.15, -0.1) is 11.6 Å². The van der Waals surface area contributed by atoms with Crippen LogP contribution in [0, 0.1) is 0 Å². The van der Waals surface area contributed by atoms with Gasteiger partial charge in [0, 0.05) is 17.7 Å². The number of nitrogens with zero attached hydrogens (tertiary/aromatic N) is 1. The van der Waals surface area contributed by atoms with Crippen LogP contribution in [0.15, 0.2) is 0 Å². The summed E-state index contributed by atoms with van der Waals surface area (Å²) in [6.07, 6.45) is 3.23. The van der Waals surface area contributed by atoms with E-state index in [4.69, 9.17) is 11.6 Å². The summed E-state index contributed by atoms with van der Waals surface area (Å²) in [5.41, 5.74) is 0. The van der Waals surface area contributed by atoms with Crippen LogP contribution >= 0.6 is 23.4 Å². The fourth-order valence-corrected chi connectivity index (χ4v) is 1.35. The van der Waals surface area contributed by atoms with Gasteiger partial charge in [0.05, 0.1) is 0 Å². The standard InChI is InChI=1S/C8H18ClNS/c1-8(9)4-5-10(2)6-7-11-3/h8H,4-7H2,1-3H3. The number of hydrogen-bond acceptors (Lipinski definition) is 2. The molecular formula is C8H18ClNS. The maximum atomic E-state index is 5.82. The predicted octanol–water partition coefficient (Wildman–Crippen LogP) is 2.30. The number of rotatable bonds is 6. The topological polar surface area (TPSA) is 3.24 Å². The molecule has 11 heavy (non-hydrogen) atoms. The molecule has 0 saturated carbocycles. The van der Waals surface area contributed by atoms with E-state index < -0.39 is 0 Å². The minimum Gasteiger partial charge on any atom is -0.305 e. The molecule has 68 valence electrons. The van der Waals surface area contributed by atoms with Crippen molar-refractivity contribution in [3.63, 3.8) is 0 Å². The van der Waals surface area contributed by atoms with Crippen molar-refractivity contribution in [1.29, 1.82) is 0 Å². The summed E-state index contributed by atoms with van der Waals surface area (Å²) >= 11 is 7.71. The second-order valence-electron chi connectivity index (χ2n) is 2.87. The smallest absolute Gasteiger partial charge is 0.0320 e. The van der Waals surface area contributed by atoms with Crippen molar-refractivity contribution in [1.82, 2.24) is 4.90 Å². The number of hydrogen-bond donors (Lipinski definition) is 0. The van der Waals surface area contributed by atoms with Gasteiger partial charge in [0.15, 0.2) is 0 Å². The van der Waals surface area contributed by atoms with Gasteiger partial charge in [-0.1, -0.05) is 0 Å². The Morgan fingerprint density at radius 1 is 1.45 bits per heavy atom. The summed E-state index contributed by atoms with van der Waals surface area (Å²) in [5, 5.41) is 0.312. The zero-order chi connectivity index (χ0) is 8.69. The Kier molecular flexibility index (Phi) is 7.66. The first-order chi connectivity index (χ1) is 5.16. The normalized spacial score (nSPS) is 13.9. The molecule has 0 aromatic rings. The van der Waals surface area contributed by atoms with Crippen LogP contribution < -0.4 is 0 Å². The number of alkyl halides is 1. The average molecular weight is 196 g/mol. The van der Waals surface area contributed by atoms with Crippen LogP contribution in [0.1, 0.15) is 13.3 Å². The molecule has 0 aromatic carbocycles. The van der Waals surface area contributed by atoms with Gasteiger partial charge < -0.3 is 4.90 Å². The van der Waals surface area contributed by atoms with Gasteiger partial charge in [-0.05, 0) is 33.2 Å². The van der Waals surface area contributed by atoms with Crippen LogP contribution in [0.4, 0.5) is 0 Å². The van der Waals surface area contributed by atoms with Crippen molar-refractivity contribution in [2.75, 3.05) is 32.1 Å². The average Bonchev–Trinajstić information content (AvgIpc) is 1.97. The van der Waals surface area contributed by atoms with Crippen LogP contribution in [0.25, 0.3) is 0 Å². The quantitative estimate of drug-likeness (QED) is 0.599. The molecule has 0 aliphatic carbocycles. The van der Waals surface area contributed by atoms with E-state index in [1.54, 1.807) is 0 Å². The molecule has 0 fully saturated rings. The van der Waals surface area contributed by atoms with Gasteiger partial charge >= 0.3 is 0 Å². The molecule has 0 aliphatic heterocycles. The molecule has 0 aliphatic rings. The summed E-state index contributed by atoms with van der Waals surface area (Å²) in [5.74, 6) is 1.22. The molecule has 0 heterocycles. The number of thioether (sulfide) groups is 1. The van der Waals surface area contributed by atoms with Crippen LogP contribution in [0.3, 0.4) is 0 Å². The van der Waals surface area contributed by atoms with Gasteiger partial charge in [0.2, 0.25) is 0 Å². The molecule has 0 saturated heterocycles. The largest absolute Gasteiger partial charge is 0.305 e. The minimum absolute atomic E-state index is 0.312. The van der Waals surface area contributed by atoms with Gasteiger partial charge in [-0.2, -0.15) is 11.8 Å². The molecular weight excluding hydrogens is 178 g/mol. The summed E-state index contributed by atoms with van der Waals surface area (Å²) < 4.78 is 0. The molecule has 0 amide bonds. The van der Waals surface area contributed by atoms with Crippen molar-refractivity contribution in [3.05, 3.63) is 0 Å². The Balaban J connectivity index is 3.15. The van der Waals surface area contributed by atoms with Gasteiger partial charge in [-0.3, -0.25) is 0 Å². The van der Waals surface area contributed by atoms with Crippen molar-refractivity contribution >= 4 is 23.4 Å². The minimum atomic E-state index is 0.312. The Hall–Kier alpha value is 0.600. The highest BCUT2D eigenvalue weighted by Gasteiger charge is 2.00. The first-order valence-electron chi connectivity index (χ1n) is 3.98. The van der Waals surface area contributed by atoms with Crippen molar-refractivity contribution < 1.29 is 0 Å². The molecule has 1 nitrogen and oxygen atoms in total. The monoisotopic (exact) mass is 195 g/mol. The van der Waals surface area contributed by atoms with E-state index in [2.05, 4.69) is 18.2 Å². The zero-order valence-electron chi connectivity index (χ0n) is 7.64. The third-order valence-electron chi connectivity index (χ3n) is 1.59. The fraction of sp³-hybridized carbons (Fsp3) is 1.00. The fourth-order valence-electron chi connectivity index (χ4n) is 0.757. The molecule has 3 heteroatoms. The summed E-state index contributed by atoms with van der Waals surface area (Å²) in [7, 11) is 2.15. The Morgan fingerprint density at radius 2 is 2.09 bits per heavy atom. The number of halogens is 1. The van der Waals surface area contributed by atoms with E-state index in [1.165, 1.54) is 12.3 Å². The van der Waals surface area contributed by atoms with E-state index in [-0.39, 0.29) is 0 Å². The third-order valence-corrected chi connectivity index (χ3v) is 2.39. The summed E-state index contributed by atoms with van der Waals surface area (Å²) in [6, 6.07) is 0. The lowest BCUT2D eigenvalue weighted by atomic mass is 10.3. The molecule has 0 spiro atoms. The summed E-state index contributed by atoms with van der Waals surface area (Å²) in [4.78, 5) is 2.33. The molecule has 0 rings (SSSR count). The van der Waals surface area contributed by atoms with Gasteiger partial charge in [0.25, 0.3) is 0 Å². The highest BCUT2D eigenvalue weighted by atomic mass is 35.5. The summed E-state index contributed by atoms with van der Waals surface area (Å²) in [6.45, 7) is 4.33. The van der Waals surface area contributed by atoms with E-state index in [0.29, 0.717) is 5.38 Å². The van der Waals surface area contributed by atoms with Crippen molar-refractivity contribution in [2.24, 2.45) is 0 Å². The highest BCUT2D eigenvalue weighted by Crippen LogP contribution is 2.01. The first kappa shape index (κ1) is 11.6. The Morgan fingerprint density at radius 3 is 2.55 bits per heavy atom. The van der Waals surface area contributed by atoms with E-state index in [0.717, 1.165) is 13.0 Å². The lowest BCUT2D eigenvalue weighted by molar-refractivity contribution is 0.350. The molecule has 1 unspecified atom stereocenters. The van der Waals surface area contributed by atoms with E-state index in [1.807, 2.05) is 18.7 Å². The van der Waals surface area contributed by atoms with Crippen LogP contribution in [-0.2, 0) is 0 Å². The maximum Gasteiger partial charge on any atom is 0.0320 e. The van der Waals surface area contributed by atoms with Gasteiger partial charge in [0.1, 0.15) is 0 Å². The van der Waals surface area contributed by atoms with Crippen LogP contribution in [-0.4, -0.2) is 42.4 Å². The predicted molar refractivity (Wildman–Crippen MR) is 55.8 cm³/mol. The molecule has 0 N–H and O–H groups in total.